The molecule has 0 unspecified atom stereocenters. The molecule has 1 aliphatic heterocycles. The van der Waals surface area contributed by atoms with Gasteiger partial charge in [-0.15, -0.1) is 4.40 Å². The minimum absolute atomic E-state index is 0.0109. The molecule has 0 aliphatic carbocycles. The number of primary amides is 1. The Morgan fingerprint density at radius 2 is 1.91 bits per heavy atom. The van der Waals surface area contributed by atoms with E-state index in [9.17, 15) is 18.0 Å². The predicted octanol–water partition coefficient (Wildman–Crippen LogP) is 2.40. The van der Waals surface area contributed by atoms with E-state index in [-0.39, 0.29) is 28.6 Å². The summed E-state index contributed by atoms with van der Waals surface area (Å²) < 4.78 is 40.3. The Bertz CT molecular complexity index is 1200. The highest BCUT2D eigenvalue weighted by atomic mass is 32.2. The van der Waals surface area contributed by atoms with Crippen molar-refractivity contribution in [1.29, 1.82) is 0 Å². The van der Waals surface area contributed by atoms with Crippen LogP contribution in [0.3, 0.4) is 0 Å². The topological polar surface area (TPSA) is 140 Å². The summed E-state index contributed by atoms with van der Waals surface area (Å²) >= 11 is 0. The number of hydrogen-bond donors (Lipinski definition) is 2. The van der Waals surface area contributed by atoms with Crippen molar-refractivity contribution in [2.45, 2.75) is 30.6 Å². The van der Waals surface area contributed by atoms with Crippen molar-refractivity contribution in [3.05, 3.63) is 48.0 Å². The summed E-state index contributed by atoms with van der Waals surface area (Å²) in [7, 11) is -0.700. The summed E-state index contributed by atoms with van der Waals surface area (Å²) in [6.07, 6.45) is 3.53. The normalized spacial score (nSPS) is 15.5. The molecule has 182 valence electrons. The van der Waals surface area contributed by atoms with Crippen LogP contribution in [-0.4, -0.2) is 58.3 Å². The summed E-state index contributed by atoms with van der Waals surface area (Å²) in [5, 5.41) is 2.68. The molecule has 1 aliphatic rings. The number of nitrogens with zero attached hydrogens (tertiary/aromatic N) is 2. The molecule has 2 aromatic carbocycles. The van der Waals surface area contributed by atoms with Gasteiger partial charge in [0.05, 0.1) is 12.0 Å². The number of anilines is 1. The number of carbonyl (C=O) groups is 2. The number of rotatable bonds is 8. The minimum atomic E-state index is -3.94. The fourth-order valence-electron chi connectivity index (χ4n) is 3.45. The minimum Gasteiger partial charge on any atom is -0.493 e. The van der Waals surface area contributed by atoms with Gasteiger partial charge in [0.25, 0.3) is 21.8 Å². The first-order chi connectivity index (χ1) is 16.2. The molecule has 0 aromatic heterocycles. The van der Waals surface area contributed by atoms with Gasteiger partial charge >= 0.3 is 0 Å². The second kappa shape index (κ2) is 11.0. The number of methoxy groups -OCH3 is 1. The van der Waals surface area contributed by atoms with Crippen molar-refractivity contribution in [2.75, 3.05) is 32.6 Å². The molecule has 0 spiro atoms. The Morgan fingerprint density at radius 1 is 1.12 bits per heavy atom. The molecule has 2 amide bonds. The summed E-state index contributed by atoms with van der Waals surface area (Å²) in [5.41, 5.74) is 5.63. The van der Waals surface area contributed by atoms with Gasteiger partial charge in [-0.3, -0.25) is 9.59 Å². The van der Waals surface area contributed by atoms with Crippen LogP contribution in [-0.2, 0) is 14.8 Å². The molecule has 0 saturated carbocycles. The van der Waals surface area contributed by atoms with Gasteiger partial charge in [-0.2, -0.15) is 8.42 Å². The third-order valence-electron chi connectivity index (χ3n) is 5.25. The van der Waals surface area contributed by atoms with Gasteiger partial charge in [0.15, 0.2) is 18.1 Å². The average molecular weight is 489 g/mol. The van der Waals surface area contributed by atoms with E-state index in [1.807, 2.05) is 11.9 Å². The molecule has 11 heteroatoms. The summed E-state index contributed by atoms with van der Waals surface area (Å²) in [5.74, 6) is -0.0848. The smallest absolute Gasteiger partial charge is 0.284 e. The standard InChI is InChI=1S/C23H28N4O6S/c1-27-12-5-3-4-9-22(27)26-34(30,31)18-8-6-7-17(14-18)25-23(29)16-10-11-19(20(13-16)32-2)33-15-21(24)28/h6-8,10-11,13-14H,3-5,9,12,15H2,1-2H3,(H2,24,28)(H,25,29)/b26-22-. The van der Waals surface area contributed by atoms with Crippen LogP contribution in [0.1, 0.15) is 36.0 Å². The van der Waals surface area contributed by atoms with Crippen LogP contribution >= 0.6 is 0 Å². The van der Waals surface area contributed by atoms with Gasteiger partial charge in [0.2, 0.25) is 0 Å². The quantitative estimate of drug-likeness (QED) is 0.581. The first-order valence-electron chi connectivity index (χ1n) is 10.7. The van der Waals surface area contributed by atoms with Crippen molar-refractivity contribution in [1.82, 2.24) is 4.90 Å². The highest BCUT2D eigenvalue weighted by Crippen LogP contribution is 2.28. The van der Waals surface area contributed by atoms with Crippen LogP contribution in [0.25, 0.3) is 0 Å². The van der Waals surface area contributed by atoms with E-state index in [4.69, 9.17) is 15.2 Å². The number of benzene rings is 2. The van der Waals surface area contributed by atoms with Crippen LogP contribution in [0.5, 0.6) is 11.5 Å². The van der Waals surface area contributed by atoms with Crippen molar-refractivity contribution >= 4 is 33.4 Å². The zero-order chi connectivity index (χ0) is 24.7. The lowest BCUT2D eigenvalue weighted by Gasteiger charge is -2.17. The number of hydrogen-bond acceptors (Lipinski definition) is 6. The lowest BCUT2D eigenvalue weighted by molar-refractivity contribution is -0.119. The Morgan fingerprint density at radius 3 is 2.65 bits per heavy atom. The van der Waals surface area contributed by atoms with Gasteiger partial charge in [-0.25, -0.2) is 0 Å². The number of likely N-dealkylation sites (tertiary alicyclic amines) is 1. The molecular weight excluding hydrogens is 460 g/mol. The van der Waals surface area contributed by atoms with Crippen LogP contribution in [0, 0.1) is 0 Å². The van der Waals surface area contributed by atoms with Crippen molar-refractivity contribution in [2.24, 2.45) is 10.1 Å². The molecule has 0 radical (unpaired) electrons. The maximum Gasteiger partial charge on any atom is 0.284 e. The number of sulfonamides is 1. The lowest BCUT2D eigenvalue weighted by Crippen LogP contribution is -2.26. The van der Waals surface area contributed by atoms with E-state index in [0.717, 1.165) is 25.8 Å². The molecule has 0 atom stereocenters. The number of amides is 2. The number of nitrogens with one attached hydrogen (secondary N) is 1. The van der Waals surface area contributed by atoms with Gasteiger partial charge in [0, 0.05) is 31.3 Å². The molecule has 1 fully saturated rings. The second-order valence-electron chi connectivity index (χ2n) is 7.82. The highest BCUT2D eigenvalue weighted by molar-refractivity contribution is 7.90. The van der Waals surface area contributed by atoms with Crippen LogP contribution in [0.4, 0.5) is 5.69 Å². The first-order valence-corrected chi connectivity index (χ1v) is 12.2. The van der Waals surface area contributed by atoms with Crippen molar-refractivity contribution in [3.63, 3.8) is 0 Å². The van der Waals surface area contributed by atoms with Crippen LogP contribution < -0.4 is 20.5 Å². The summed E-state index contributed by atoms with van der Waals surface area (Å²) in [4.78, 5) is 25.5. The summed E-state index contributed by atoms with van der Waals surface area (Å²) in [6, 6.07) is 10.4. The maximum atomic E-state index is 12.9. The van der Waals surface area contributed by atoms with E-state index in [2.05, 4.69) is 9.71 Å². The third kappa shape index (κ3) is 6.47. The van der Waals surface area contributed by atoms with E-state index in [0.29, 0.717) is 17.9 Å². The highest BCUT2D eigenvalue weighted by Gasteiger charge is 2.19. The molecule has 2 aromatic rings. The lowest BCUT2D eigenvalue weighted by atomic mass is 10.2. The first kappa shape index (κ1) is 25.0. The maximum absolute atomic E-state index is 12.9. The third-order valence-corrected chi connectivity index (χ3v) is 6.55. The van der Waals surface area contributed by atoms with E-state index >= 15 is 0 Å². The van der Waals surface area contributed by atoms with Crippen LogP contribution in [0.15, 0.2) is 51.8 Å². The molecule has 1 heterocycles. The van der Waals surface area contributed by atoms with Gasteiger partial charge in [-0.05, 0) is 49.2 Å². The second-order valence-corrected chi connectivity index (χ2v) is 9.42. The molecule has 1 saturated heterocycles. The SMILES string of the molecule is COc1cc(C(=O)Nc2cccc(S(=O)(=O)/N=C3/CCCCCN3C)c2)ccc1OCC(N)=O. The van der Waals surface area contributed by atoms with Gasteiger partial charge in [-0.1, -0.05) is 12.5 Å². The fraction of sp³-hybridized carbons (Fsp3) is 0.348. The van der Waals surface area contributed by atoms with Crippen molar-refractivity contribution < 1.29 is 27.5 Å². The Kier molecular flexibility index (Phi) is 8.11. The molecule has 10 nitrogen and oxygen atoms in total. The largest absolute Gasteiger partial charge is 0.493 e. The molecule has 3 N–H and O–H groups in total. The monoisotopic (exact) mass is 488 g/mol. The van der Waals surface area contributed by atoms with Gasteiger partial charge in [0.1, 0.15) is 5.84 Å². The van der Waals surface area contributed by atoms with Crippen LogP contribution in [0.2, 0.25) is 0 Å². The van der Waals surface area contributed by atoms with E-state index in [1.165, 1.54) is 37.4 Å². The molecule has 0 bridgehead atoms. The summed E-state index contributed by atoms with van der Waals surface area (Å²) in [6.45, 7) is 0.434. The average Bonchev–Trinajstić information content (AvgIpc) is 3.01. The Balaban J connectivity index is 1.78. The van der Waals surface area contributed by atoms with E-state index < -0.39 is 21.8 Å². The molecule has 3 rings (SSSR count). The number of nitrogens with two attached hydrogens (primary N) is 1. The van der Waals surface area contributed by atoms with Gasteiger partial charge < -0.3 is 25.4 Å². The fourth-order valence-corrected chi connectivity index (χ4v) is 4.59. The van der Waals surface area contributed by atoms with Crippen molar-refractivity contribution in [3.8, 4) is 11.5 Å². The Labute approximate surface area is 198 Å². The Hall–Kier alpha value is -3.60. The number of ether oxygens (including phenoxy) is 2. The zero-order valence-corrected chi connectivity index (χ0v) is 19.9. The predicted molar refractivity (Wildman–Crippen MR) is 128 cm³/mol. The molecular formula is C23H28N4O6S. The molecule has 34 heavy (non-hydrogen) atoms. The number of amidine groups is 1. The van der Waals surface area contributed by atoms with E-state index in [1.54, 1.807) is 12.1 Å². The zero-order valence-electron chi connectivity index (χ0n) is 19.1. The number of carbonyl (C=O) groups excluding carboxylic acids is 2.